The van der Waals surface area contributed by atoms with Crippen molar-refractivity contribution in [1.29, 1.82) is 0 Å². The lowest BCUT2D eigenvalue weighted by atomic mass is 9.93. The first-order valence-corrected chi connectivity index (χ1v) is 41.7. The second-order valence-corrected chi connectivity index (χ2v) is 31.3. The third-order valence-electron chi connectivity index (χ3n) is 23.7. The van der Waals surface area contributed by atoms with Gasteiger partial charge in [0.05, 0.1) is 22.1 Å². The molecule has 0 N–H and O–H groups in total. The van der Waals surface area contributed by atoms with Gasteiger partial charge in [-0.15, -0.1) is 0 Å². The number of aryl methyl sites for hydroxylation is 1. The van der Waals surface area contributed by atoms with Gasteiger partial charge in [0.2, 0.25) is 0 Å². The number of nitrogens with zero attached hydrogens (tertiary/aromatic N) is 8. The fourth-order valence-electron chi connectivity index (χ4n) is 17.9. The molecule has 18 aromatic carbocycles. The Morgan fingerprint density at radius 1 is 0.163 bits per heavy atom. The van der Waals surface area contributed by atoms with Gasteiger partial charge in [-0.1, -0.05) is 346 Å². The van der Waals surface area contributed by atoms with Gasteiger partial charge in [-0.25, -0.2) is 29.9 Å². The monoisotopic (exact) mass is 1570 g/mol. The molecule has 0 aliphatic carbocycles. The number of hydrogen-bond acceptors (Lipinski definition) is 6. The topological polar surface area (TPSA) is 87.2 Å². The van der Waals surface area contributed by atoms with Gasteiger partial charge in [-0.05, 0) is 197 Å². The second-order valence-electron chi connectivity index (χ2n) is 31.3. The molecular formula is C115H76N8. The maximum atomic E-state index is 5.78. The van der Waals surface area contributed by atoms with Crippen LogP contribution in [0, 0.1) is 0 Å². The summed E-state index contributed by atoms with van der Waals surface area (Å²) in [5, 5.41) is 4.39. The highest BCUT2D eigenvalue weighted by molar-refractivity contribution is 6.30. The lowest BCUT2D eigenvalue weighted by Gasteiger charge is -2.16. The highest BCUT2D eigenvalue weighted by atomic mass is 15.1. The smallest absolute Gasteiger partial charge is 0.164 e. The molecule has 0 aliphatic heterocycles. The Morgan fingerprint density at radius 3 is 0.748 bits per heavy atom. The van der Waals surface area contributed by atoms with E-state index in [4.69, 9.17) is 29.9 Å². The Bertz CT molecular complexity index is 7230. The van der Waals surface area contributed by atoms with Crippen molar-refractivity contribution in [2.24, 2.45) is 7.05 Å². The van der Waals surface area contributed by atoms with Crippen molar-refractivity contribution < 1.29 is 0 Å². The van der Waals surface area contributed by atoms with Gasteiger partial charge < -0.3 is 9.13 Å². The van der Waals surface area contributed by atoms with Crippen molar-refractivity contribution in [2.75, 3.05) is 0 Å². The minimum absolute atomic E-state index is 0.527. The molecule has 0 saturated heterocycles. The molecule has 0 aliphatic rings. The van der Waals surface area contributed by atoms with Crippen LogP contribution in [0.15, 0.2) is 443 Å². The van der Waals surface area contributed by atoms with Gasteiger partial charge in [-0.2, -0.15) is 0 Å². The summed E-state index contributed by atoms with van der Waals surface area (Å²) >= 11 is 0. The van der Waals surface area contributed by atoms with Crippen molar-refractivity contribution >= 4 is 43.6 Å². The zero-order valence-corrected chi connectivity index (χ0v) is 67.2. The fraction of sp³-hybridized carbons (Fsp3) is 0.00870. The Kier molecular flexibility index (Phi) is 18.7. The molecule has 576 valence electrons. The molecule has 22 rings (SSSR count). The molecule has 123 heavy (non-hydrogen) atoms. The molecule has 4 aromatic heterocycles. The summed E-state index contributed by atoms with van der Waals surface area (Å²) in [4.78, 5) is 34.4. The van der Waals surface area contributed by atoms with Crippen molar-refractivity contribution in [1.82, 2.24) is 39.0 Å². The van der Waals surface area contributed by atoms with Gasteiger partial charge in [0, 0.05) is 78.8 Å². The summed E-state index contributed by atoms with van der Waals surface area (Å²) in [6, 6.07) is 158. The number of rotatable bonds is 17. The predicted molar refractivity (Wildman–Crippen MR) is 509 cm³/mol. The van der Waals surface area contributed by atoms with Crippen LogP contribution in [0.3, 0.4) is 0 Å². The summed E-state index contributed by atoms with van der Waals surface area (Å²) in [6.45, 7) is 0. The molecule has 0 atom stereocenters. The third-order valence-corrected chi connectivity index (χ3v) is 23.7. The highest BCUT2D eigenvalue weighted by Crippen LogP contribution is 2.50. The normalized spacial score (nSPS) is 11.5. The Morgan fingerprint density at radius 2 is 0.415 bits per heavy atom. The van der Waals surface area contributed by atoms with Crippen LogP contribution in [0.5, 0.6) is 0 Å². The molecule has 0 bridgehead atoms. The van der Waals surface area contributed by atoms with E-state index >= 15 is 0 Å². The summed E-state index contributed by atoms with van der Waals surface area (Å²) in [5.74, 6) is 3.22. The van der Waals surface area contributed by atoms with Crippen LogP contribution in [0.4, 0.5) is 0 Å². The van der Waals surface area contributed by atoms with E-state index in [0.29, 0.717) is 34.9 Å². The van der Waals surface area contributed by atoms with Crippen LogP contribution in [0.25, 0.3) is 229 Å². The first kappa shape index (κ1) is 73.0. The molecule has 0 fully saturated rings. The van der Waals surface area contributed by atoms with Gasteiger partial charge in [-0.3, -0.25) is 0 Å². The van der Waals surface area contributed by atoms with Crippen LogP contribution in [-0.2, 0) is 7.05 Å². The maximum absolute atomic E-state index is 5.78. The van der Waals surface area contributed by atoms with E-state index in [-0.39, 0.29) is 0 Å². The predicted octanol–water partition coefficient (Wildman–Crippen LogP) is 29.5. The van der Waals surface area contributed by atoms with Crippen LogP contribution in [0.1, 0.15) is 0 Å². The number of aromatic nitrogens is 8. The van der Waals surface area contributed by atoms with Crippen LogP contribution in [0.2, 0.25) is 0 Å². The van der Waals surface area contributed by atoms with Crippen LogP contribution >= 0.6 is 0 Å². The van der Waals surface area contributed by atoms with Crippen LogP contribution in [-0.4, -0.2) is 39.0 Å². The first-order chi connectivity index (χ1) is 60.9. The number of benzene rings is 18. The maximum Gasteiger partial charge on any atom is 0.164 e. The third kappa shape index (κ3) is 13.8. The molecule has 0 amide bonds. The molecule has 0 spiro atoms. The Hall–Kier alpha value is -16.4. The average Bonchev–Trinajstić information content (AvgIpc) is 1.53. The molecule has 0 radical (unpaired) electrons. The highest BCUT2D eigenvalue weighted by Gasteiger charge is 2.29. The average molecular weight is 1570 g/mol. The van der Waals surface area contributed by atoms with Gasteiger partial charge in [0.25, 0.3) is 0 Å². The van der Waals surface area contributed by atoms with Gasteiger partial charge in [0.1, 0.15) is 0 Å². The Labute approximate surface area is 713 Å². The molecule has 0 unspecified atom stereocenters. The SMILES string of the molecule is Cn1c2c(-c3ccccc3-c3nc(-c4cc(-c5ccccc5)cc(-c5ccccc5)c4)nc(-c4cc(-c5ccccc5)cc(-c5ccccc5)c4)n3)cccc2c2c1c(-c1ccccc1-c1nc(-c3cc(-c4ccccc4)cc(-c4ccccc4)c3)nc(-c3cc(-c4ccccc4)cc(-c4ccccc4)c3)n1)cc1c3ccccc3n(-c3ccccc3)c12. The van der Waals surface area contributed by atoms with E-state index in [9.17, 15) is 0 Å². The van der Waals surface area contributed by atoms with Crippen molar-refractivity contribution in [3.63, 3.8) is 0 Å². The summed E-state index contributed by atoms with van der Waals surface area (Å²) < 4.78 is 4.90. The minimum atomic E-state index is 0.527. The van der Waals surface area contributed by atoms with E-state index in [0.717, 1.165) is 194 Å². The Balaban J connectivity index is 0.798. The standard InChI is InChI=1S/C115H76N8/c1-122-107-99(96-54-29-31-57-100(96)114-118-110(91-66-83(75-36-11-2-12-37-75)62-84(67-91)76-38-13-3-14-39-76)116-111(119-114)92-68-85(77-40-15-4-16-41-77)63-86(69-92)78-42-17-5-18-43-78)59-35-60-102(107)106-108(122)103(74-104-98-56-33-34-61-105(98)123(109(104)106)95-52-27-10-28-53-95)97-55-30-32-58-101(97)115-120-112(93-70-87(79-44-19-6-20-45-79)64-88(71-93)80-46-21-7-22-47-80)117-113(121-115)94-72-89(81-48-23-8-24-49-81)65-90(73-94)82-50-25-9-26-51-82/h2-74H,1H3. The number of hydrogen-bond donors (Lipinski definition) is 0. The molecular weight excluding hydrogens is 1490 g/mol. The lowest BCUT2D eigenvalue weighted by Crippen LogP contribution is -2.02. The van der Waals surface area contributed by atoms with Crippen molar-refractivity contribution in [3.8, 4) is 185 Å². The van der Waals surface area contributed by atoms with E-state index in [1.165, 1.54) is 0 Å². The fourth-order valence-corrected chi connectivity index (χ4v) is 17.9. The molecule has 8 nitrogen and oxygen atoms in total. The van der Waals surface area contributed by atoms with Crippen molar-refractivity contribution in [2.45, 2.75) is 0 Å². The largest absolute Gasteiger partial charge is 0.343 e. The first-order valence-electron chi connectivity index (χ1n) is 41.7. The number of fused-ring (bicyclic) bond motifs is 7. The quantitative estimate of drug-likeness (QED) is 0.0903. The minimum Gasteiger partial charge on any atom is -0.343 e. The lowest BCUT2D eigenvalue weighted by molar-refractivity contribution is 1.02. The molecule has 4 heterocycles. The zero-order chi connectivity index (χ0) is 81.7. The van der Waals surface area contributed by atoms with E-state index in [1.807, 2.05) is 0 Å². The summed E-state index contributed by atoms with van der Waals surface area (Å²) in [6.07, 6.45) is 0. The van der Waals surface area contributed by atoms with Crippen LogP contribution < -0.4 is 0 Å². The van der Waals surface area contributed by atoms with E-state index in [1.54, 1.807) is 0 Å². The van der Waals surface area contributed by atoms with E-state index in [2.05, 4.69) is 459 Å². The van der Waals surface area contributed by atoms with Gasteiger partial charge >= 0.3 is 0 Å². The molecule has 8 heteroatoms. The molecule has 0 saturated carbocycles. The van der Waals surface area contributed by atoms with E-state index < -0.39 is 0 Å². The summed E-state index contributed by atoms with van der Waals surface area (Å²) in [5.41, 5.74) is 31.4. The molecule has 22 aromatic rings. The van der Waals surface area contributed by atoms with Crippen molar-refractivity contribution in [3.05, 3.63) is 443 Å². The van der Waals surface area contributed by atoms with Gasteiger partial charge in [0.15, 0.2) is 34.9 Å². The number of para-hydroxylation sites is 3. The second kappa shape index (κ2) is 31.5. The zero-order valence-electron chi connectivity index (χ0n) is 67.2. The summed E-state index contributed by atoms with van der Waals surface area (Å²) in [7, 11) is 2.24.